The summed E-state index contributed by atoms with van der Waals surface area (Å²) in [6, 6.07) is 14.7. The quantitative estimate of drug-likeness (QED) is 0.773. The molecule has 0 aliphatic rings. The minimum atomic E-state index is 0.743. The van der Waals surface area contributed by atoms with Crippen LogP contribution in [-0.2, 0) is 6.54 Å². The highest BCUT2D eigenvalue weighted by Crippen LogP contribution is 2.16. The summed E-state index contributed by atoms with van der Waals surface area (Å²) in [5.41, 5.74) is 8.00. The fourth-order valence-corrected chi connectivity index (χ4v) is 1.70. The number of nitrogens with zero attached hydrogens (tertiary/aromatic N) is 1. The van der Waals surface area contributed by atoms with Gasteiger partial charge < -0.3 is 5.73 Å². The first kappa shape index (κ1) is 10.8. The van der Waals surface area contributed by atoms with Gasteiger partial charge in [-0.3, -0.25) is 0 Å². The molecule has 0 saturated carbocycles. The van der Waals surface area contributed by atoms with Gasteiger partial charge in [0, 0.05) is 18.6 Å². The second-order valence-electron chi connectivity index (χ2n) is 3.83. The average molecular weight is 213 g/mol. The van der Waals surface area contributed by atoms with Gasteiger partial charge in [0.15, 0.2) is 12.4 Å². The second kappa shape index (κ2) is 5.42. The van der Waals surface area contributed by atoms with E-state index in [1.807, 2.05) is 6.07 Å². The summed E-state index contributed by atoms with van der Waals surface area (Å²) in [7, 11) is 0. The van der Waals surface area contributed by atoms with E-state index >= 15 is 0 Å². The van der Waals surface area contributed by atoms with E-state index in [9.17, 15) is 0 Å². The van der Waals surface area contributed by atoms with E-state index < -0.39 is 0 Å². The van der Waals surface area contributed by atoms with E-state index in [4.69, 9.17) is 5.73 Å². The maximum atomic E-state index is 5.48. The van der Waals surface area contributed by atoms with Gasteiger partial charge in [0.25, 0.3) is 0 Å². The third-order valence-electron chi connectivity index (χ3n) is 2.62. The zero-order valence-corrected chi connectivity index (χ0v) is 9.34. The lowest BCUT2D eigenvalue weighted by Gasteiger charge is -2.00. The van der Waals surface area contributed by atoms with Gasteiger partial charge >= 0.3 is 0 Å². The van der Waals surface area contributed by atoms with Crippen molar-refractivity contribution in [3.05, 3.63) is 54.9 Å². The molecule has 2 heteroatoms. The molecule has 0 aliphatic carbocycles. The van der Waals surface area contributed by atoms with Crippen molar-refractivity contribution in [2.75, 3.05) is 6.54 Å². The van der Waals surface area contributed by atoms with Crippen molar-refractivity contribution >= 4 is 0 Å². The standard InChI is InChI=1S/C14H17N2/c15-9-4-10-16-11-7-14(8-12-16)13-5-2-1-3-6-13/h1-3,5-8,11-12H,4,9-10,15H2/q+1. The largest absolute Gasteiger partial charge is 0.330 e. The third kappa shape index (κ3) is 2.67. The smallest absolute Gasteiger partial charge is 0.169 e. The zero-order chi connectivity index (χ0) is 11.2. The van der Waals surface area contributed by atoms with Gasteiger partial charge in [-0.15, -0.1) is 0 Å². The molecule has 82 valence electrons. The molecular weight excluding hydrogens is 196 g/mol. The first-order valence-corrected chi connectivity index (χ1v) is 5.65. The Balaban J connectivity index is 2.13. The average Bonchev–Trinajstić information content (AvgIpc) is 2.38. The number of rotatable bonds is 4. The predicted molar refractivity (Wildman–Crippen MR) is 65.7 cm³/mol. The topological polar surface area (TPSA) is 29.9 Å². The maximum absolute atomic E-state index is 5.48. The predicted octanol–water partition coefficient (Wildman–Crippen LogP) is 1.99. The Kier molecular flexibility index (Phi) is 3.67. The number of pyridine rings is 1. The van der Waals surface area contributed by atoms with E-state index in [0.717, 1.165) is 19.5 Å². The molecule has 1 heterocycles. The van der Waals surface area contributed by atoms with Gasteiger partial charge in [-0.25, -0.2) is 4.57 Å². The molecule has 2 N–H and O–H groups in total. The van der Waals surface area contributed by atoms with Crippen molar-refractivity contribution in [3.63, 3.8) is 0 Å². The number of aromatic nitrogens is 1. The molecule has 0 aliphatic heterocycles. The fourth-order valence-electron chi connectivity index (χ4n) is 1.70. The van der Waals surface area contributed by atoms with Gasteiger partial charge in [-0.1, -0.05) is 30.3 Å². The van der Waals surface area contributed by atoms with Gasteiger partial charge in [0.05, 0.1) is 0 Å². The van der Waals surface area contributed by atoms with Crippen LogP contribution in [0.2, 0.25) is 0 Å². The molecule has 1 aromatic carbocycles. The Morgan fingerprint density at radius 1 is 0.875 bits per heavy atom. The second-order valence-corrected chi connectivity index (χ2v) is 3.83. The Morgan fingerprint density at radius 3 is 2.12 bits per heavy atom. The first-order valence-electron chi connectivity index (χ1n) is 5.65. The van der Waals surface area contributed by atoms with Crippen LogP contribution in [0.5, 0.6) is 0 Å². The van der Waals surface area contributed by atoms with Gasteiger partial charge in [0.1, 0.15) is 6.54 Å². The van der Waals surface area contributed by atoms with Crippen LogP contribution < -0.4 is 10.3 Å². The molecule has 2 nitrogen and oxygen atoms in total. The molecule has 0 atom stereocenters. The monoisotopic (exact) mass is 213 g/mol. The van der Waals surface area contributed by atoms with Crippen LogP contribution in [0, 0.1) is 0 Å². The lowest BCUT2D eigenvalue weighted by atomic mass is 10.1. The Labute approximate surface area is 96.4 Å². The van der Waals surface area contributed by atoms with Gasteiger partial charge in [-0.2, -0.15) is 0 Å². The Hall–Kier alpha value is -1.67. The Bertz CT molecular complexity index is 420. The number of hydrogen-bond donors (Lipinski definition) is 1. The Morgan fingerprint density at radius 2 is 1.50 bits per heavy atom. The minimum Gasteiger partial charge on any atom is -0.330 e. The number of benzene rings is 1. The summed E-state index contributed by atoms with van der Waals surface area (Å²) in [6.07, 6.45) is 5.24. The van der Waals surface area contributed by atoms with Crippen molar-refractivity contribution in [1.82, 2.24) is 0 Å². The van der Waals surface area contributed by atoms with Crippen LogP contribution in [0.25, 0.3) is 11.1 Å². The van der Waals surface area contributed by atoms with E-state index in [2.05, 4.69) is 53.4 Å². The molecule has 0 spiro atoms. The van der Waals surface area contributed by atoms with Crippen LogP contribution in [-0.4, -0.2) is 6.54 Å². The molecule has 0 unspecified atom stereocenters. The van der Waals surface area contributed by atoms with E-state index in [1.54, 1.807) is 0 Å². The number of aryl methyl sites for hydroxylation is 1. The fraction of sp³-hybridized carbons (Fsp3) is 0.214. The van der Waals surface area contributed by atoms with Crippen molar-refractivity contribution in [2.45, 2.75) is 13.0 Å². The van der Waals surface area contributed by atoms with Gasteiger partial charge in [0.2, 0.25) is 0 Å². The molecule has 16 heavy (non-hydrogen) atoms. The molecule has 1 aromatic heterocycles. The third-order valence-corrected chi connectivity index (χ3v) is 2.62. The van der Waals surface area contributed by atoms with Crippen molar-refractivity contribution in [2.24, 2.45) is 5.73 Å². The van der Waals surface area contributed by atoms with Crippen LogP contribution in [0.4, 0.5) is 0 Å². The molecule has 2 rings (SSSR count). The minimum absolute atomic E-state index is 0.743. The highest BCUT2D eigenvalue weighted by Gasteiger charge is 2.01. The molecule has 0 radical (unpaired) electrons. The van der Waals surface area contributed by atoms with Crippen LogP contribution in [0.1, 0.15) is 6.42 Å². The highest BCUT2D eigenvalue weighted by molar-refractivity contribution is 5.61. The van der Waals surface area contributed by atoms with E-state index in [-0.39, 0.29) is 0 Å². The normalized spacial score (nSPS) is 10.3. The van der Waals surface area contributed by atoms with Crippen LogP contribution in [0.3, 0.4) is 0 Å². The summed E-state index contributed by atoms with van der Waals surface area (Å²) in [6.45, 7) is 1.74. The summed E-state index contributed by atoms with van der Waals surface area (Å²) >= 11 is 0. The molecule has 0 saturated heterocycles. The molecule has 2 aromatic rings. The summed E-state index contributed by atoms with van der Waals surface area (Å²) in [4.78, 5) is 0. The summed E-state index contributed by atoms with van der Waals surface area (Å²) in [5.74, 6) is 0. The van der Waals surface area contributed by atoms with E-state index in [1.165, 1.54) is 11.1 Å². The first-order chi connectivity index (χ1) is 7.90. The van der Waals surface area contributed by atoms with Crippen LogP contribution in [0.15, 0.2) is 54.9 Å². The zero-order valence-electron chi connectivity index (χ0n) is 9.34. The maximum Gasteiger partial charge on any atom is 0.169 e. The SMILES string of the molecule is NCCC[n+]1ccc(-c2ccccc2)cc1. The van der Waals surface area contributed by atoms with Crippen LogP contribution >= 0.6 is 0 Å². The van der Waals surface area contributed by atoms with Crippen molar-refractivity contribution in [3.8, 4) is 11.1 Å². The highest BCUT2D eigenvalue weighted by atomic mass is 14.9. The molecule has 0 bridgehead atoms. The van der Waals surface area contributed by atoms with Crippen molar-refractivity contribution in [1.29, 1.82) is 0 Å². The summed E-state index contributed by atoms with van der Waals surface area (Å²) < 4.78 is 2.17. The lowest BCUT2D eigenvalue weighted by molar-refractivity contribution is -0.697. The van der Waals surface area contributed by atoms with E-state index in [0.29, 0.717) is 0 Å². The number of hydrogen-bond acceptors (Lipinski definition) is 1. The molecule has 0 fully saturated rings. The molecule has 0 amide bonds. The van der Waals surface area contributed by atoms with Crippen molar-refractivity contribution < 1.29 is 4.57 Å². The molecular formula is C14H17N2+. The number of nitrogens with two attached hydrogens (primary N) is 1. The summed E-state index contributed by atoms with van der Waals surface area (Å²) in [5, 5.41) is 0. The van der Waals surface area contributed by atoms with Gasteiger partial charge in [-0.05, 0) is 17.7 Å². The lowest BCUT2D eigenvalue weighted by Crippen LogP contribution is -2.33.